The molecule has 0 atom stereocenters. The van der Waals surface area contributed by atoms with Crippen molar-refractivity contribution < 1.29 is 90.7 Å². The molecule has 9 nitrogen and oxygen atoms in total. The molecular formula is C27H18Fe2NO8W+. The smallest absolute Gasteiger partial charge is 0.0312 e. The number of benzene rings is 1. The quantitative estimate of drug-likeness (QED) is 0.185. The van der Waals surface area contributed by atoms with Crippen molar-refractivity contribution in [3.8, 4) is 0 Å². The third-order valence-corrected chi connectivity index (χ3v) is 2.83. The second-order valence-corrected chi connectivity index (χ2v) is 4.84. The maximum Gasteiger partial charge on any atom is 2.00 e. The van der Waals surface area contributed by atoms with E-state index in [1.165, 1.54) is 24.9 Å². The molecule has 12 heteroatoms. The molecule has 0 amide bonds. The van der Waals surface area contributed by atoms with E-state index >= 15 is 0 Å². The van der Waals surface area contributed by atoms with Gasteiger partial charge in [0.25, 0.3) is 0 Å². The van der Waals surface area contributed by atoms with Crippen LogP contribution in [0, 0.1) is 131 Å². The Kier molecular flexibility index (Phi) is 169. The summed E-state index contributed by atoms with van der Waals surface area (Å²) in [4.78, 5) is 3.93. The molecule has 2 fully saturated rings. The normalized spacial score (nSPS) is 8.95. The Hall–Kier alpha value is -1.68. The Morgan fingerprint density at radius 3 is 0.923 bits per heavy atom. The Balaban J connectivity index is -0.0000000327. The number of hydrogen-bond acceptors (Lipinski definition) is 1. The van der Waals surface area contributed by atoms with Crippen molar-refractivity contribution >= 4 is 4.19 Å². The van der Waals surface area contributed by atoms with Crippen molar-refractivity contribution in [2.24, 2.45) is 4.99 Å². The average Bonchev–Trinajstić information content (AvgIpc) is 3.82. The fraction of sp³-hybridized carbons (Fsp3) is 0.0370. The number of rotatable bonds is 2. The third-order valence-electron chi connectivity index (χ3n) is 2.45. The van der Waals surface area contributed by atoms with E-state index < -0.39 is 0 Å². The molecule has 39 heavy (non-hydrogen) atoms. The van der Waals surface area contributed by atoms with Crippen LogP contribution in [-0.4, -0.2) is 4.19 Å². The van der Waals surface area contributed by atoms with Crippen LogP contribution >= 0.6 is 0 Å². The summed E-state index contributed by atoms with van der Waals surface area (Å²) in [5.74, 6) is 0. The molecule has 2 aliphatic carbocycles. The van der Waals surface area contributed by atoms with Gasteiger partial charge in [-0.3, -0.25) is 0 Å². The van der Waals surface area contributed by atoms with E-state index in [4.69, 9.17) is 37.2 Å². The van der Waals surface area contributed by atoms with E-state index in [1.807, 2.05) is 82.9 Å². The number of nitrogens with zero attached hydrogens (tertiary/aromatic N) is 1. The summed E-state index contributed by atoms with van der Waals surface area (Å²) >= 11 is 1.25. The topological polar surface area (TPSA) is 172 Å². The monoisotopic (exact) mass is 780 g/mol. The van der Waals surface area contributed by atoms with Crippen LogP contribution in [0.2, 0.25) is 0 Å². The van der Waals surface area contributed by atoms with E-state index in [0.29, 0.717) is 0 Å². The van der Waals surface area contributed by atoms with Crippen LogP contribution in [0.4, 0.5) is 0 Å². The summed E-state index contributed by atoms with van der Waals surface area (Å²) in [6.07, 6.45) is 20.0. The molecule has 0 aromatic heterocycles. The standard InChI is InChI=1S/C9H8N.2C5H5.8CO.2Fe.W/c1-8-3-5-9(6-4-8)7-10-2;2*1-2-4-5-3-1;8*1-2;;;/h3-7H,1H3;2*1-5H;;;;;;;;;;;/q-1;;;;;;;;;;;;+2;. The van der Waals surface area contributed by atoms with Crippen molar-refractivity contribution in [1.29, 1.82) is 0 Å². The molecule has 3 rings (SSSR count). The first-order valence-corrected chi connectivity index (χ1v) is 9.73. The summed E-state index contributed by atoms with van der Waals surface area (Å²) in [6, 6.07) is 8.24. The minimum absolute atomic E-state index is 0. The molecule has 0 bridgehead atoms. The Labute approximate surface area is 264 Å². The first-order valence-electron chi connectivity index (χ1n) is 8.26. The zero-order valence-corrected chi connectivity index (χ0v) is 25.1. The van der Waals surface area contributed by atoms with Crippen LogP contribution in [0.25, 0.3) is 0 Å². The van der Waals surface area contributed by atoms with Crippen LogP contribution in [0.3, 0.4) is 0 Å². The number of aliphatic imine (C=N–C) groups is 1. The largest absolute Gasteiger partial charge is 2.00 e. The molecule has 200 valence electrons. The minimum atomic E-state index is 0. The second kappa shape index (κ2) is 99.7. The maximum absolute atomic E-state index is 7.50. The van der Waals surface area contributed by atoms with Crippen LogP contribution in [0.15, 0.2) is 29.3 Å². The molecule has 0 spiro atoms. The van der Waals surface area contributed by atoms with E-state index in [0.717, 1.165) is 5.56 Å². The van der Waals surface area contributed by atoms with Crippen molar-refractivity contribution in [3.05, 3.63) is 159 Å². The molecule has 0 saturated heterocycles. The fourth-order valence-electron chi connectivity index (χ4n) is 1.39. The molecule has 2 aliphatic rings. The van der Waals surface area contributed by atoms with E-state index in [-0.39, 0.29) is 34.1 Å². The summed E-state index contributed by atoms with van der Waals surface area (Å²) in [5.41, 5.74) is 2.40. The SMILES string of the molecule is Cc1ccc([CH-]N=[C]=[W])cc1.[C-]#[O+].[C-]#[O+].[C-]#[O+].[C-]#[O+].[C-]#[O+].[C-]#[O+].[C-]#[O+].[C-]#[O+].[CH]1[CH][CH][CH][CH]1.[CH]1[CH][CH][CH][CH]1.[Fe+2].[Fe]. The van der Waals surface area contributed by atoms with Gasteiger partial charge in [-0.25, -0.2) is 0 Å². The first kappa shape index (κ1) is 66.0. The summed E-state index contributed by atoms with van der Waals surface area (Å²) < 4.78 is 62.8. The third kappa shape index (κ3) is 85.9. The Morgan fingerprint density at radius 1 is 0.538 bits per heavy atom. The molecule has 0 N–H and O–H groups in total. The predicted molar refractivity (Wildman–Crippen MR) is 116 cm³/mol. The molecule has 2 saturated carbocycles. The van der Waals surface area contributed by atoms with Crippen LogP contribution in [-0.2, 0) is 90.7 Å². The maximum atomic E-state index is 7.50. The van der Waals surface area contributed by atoms with E-state index in [9.17, 15) is 0 Å². The van der Waals surface area contributed by atoms with Crippen molar-refractivity contribution in [1.82, 2.24) is 0 Å². The van der Waals surface area contributed by atoms with Gasteiger partial charge in [-0.2, -0.15) is 0 Å². The minimum Gasteiger partial charge on any atom is -0.0312 e. The Bertz CT molecular complexity index is 644. The molecule has 1 aromatic rings. The zero-order valence-electron chi connectivity index (χ0n) is 20.0. The van der Waals surface area contributed by atoms with Crippen molar-refractivity contribution in [3.63, 3.8) is 0 Å². The Morgan fingerprint density at radius 2 is 0.744 bits per heavy atom. The van der Waals surface area contributed by atoms with Gasteiger partial charge in [0.2, 0.25) is 0 Å². The molecule has 0 unspecified atom stereocenters. The zero-order chi connectivity index (χ0) is 31.2. The first-order chi connectivity index (χ1) is 18.3. The fourth-order valence-corrected chi connectivity index (χ4v) is 1.58. The number of aryl methyl sites for hydroxylation is 1. The van der Waals surface area contributed by atoms with Crippen LogP contribution < -0.4 is 0 Å². The molecule has 10 radical (unpaired) electrons. The molecule has 0 aliphatic heterocycles. The van der Waals surface area contributed by atoms with Gasteiger partial charge in [-0.1, -0.05) is 0 Å². The van der Waals surface area contributed by atoms with Crippen LogP contribution in [0.1, 0.15) is 11.1 Å². The van der Waals surface area contributed by atoms with Gasteiger partial charge >= 0.3 is 185 Å². The predicted octanol–water partition coefficient (Wildman–Crippen LogP) is 3.69. The van der Waals surface area contributed by atoms with Gasteiger partial charge in [0, 0.05) is 17.1 Å². The molecule has 0 heterocycles. The van der Waals surface area contributed by atoms with Gasteiger partial charge in [0.05, 0.1) is 0 Å². The summed E-state index contributed by atoms with van der Waals surface area (Å²) in [6.45, 7) is 39.9. The van der Waals surface area contributed by atoms with Gasteiger partial charge in [-0.05, 0) is 64.2 Å². The van der Waals surface area contributed by atoms with Gasteiger partial charge in [-0.15, -0.1) is 0 Å². The average molecular weight is 780 g/mol. The molecular weight excluding hydrogens is 762 g/mol. The van der Waals surface area contributed by atoms with Crippen molar-refractivity contribution in [2.45, 2.75) is 6.92 Å². The summed E-state index contributed by atoms with van der Waals surface area (Å²) in [7, 11) is 0. The van der Waals surface area contributed by atoms with E-state index in [1.54, 1.807) is 0 Å². The number of hydrogen-bond donors (Lipinski definition) is 0. The van der Waals surface area contributed by atoms with Crippen LogP contribution in [0.5, 0.6) is 0 Å². The molecule has 1 aromatic carbocycles. The van der Waals surface area contributed by atoms with Crippen molar-refractivity contribution in [2.75, 3.05) is 0 Å². The van der Waals surface area contributed by atoms with E-state index in [2.05, 4.69) is 81.4 Å². The van der Waals surface area contributed by atoms with Gasteiger partial charge in [0.1, 0.15) is 0 Å². The van der Waals surface area contributed by atoms with Gasteiger partial charge in [0.15, 0.2) is 0 Å². The second-order valence-electron chi connectivity index (χ2n) is 4.18. The summed E-state index contributed by atoms with van der Waals surface area (Å²) in [5, 5.41) is 0. The van der Waals surface area contributed by atoms with Gasteiger partial charge < -0.3 is 0 Å².